The smallest absolute Gasteiger partial charge is 0.202 e. The Labute approximate surface area is 125 Å². The molecule has 0 aliphatic heterocycles. The first kappa shape index (κ1) is 15.3. The van der Waals surface area contributed by atoms with Crippen molar-refractivity contribution in [1.82, 2.24) is 0 Å². The van der Waals surface area contributed by atoms with E-state index >= 15 is 0 Å². The van der Waals surface area contributed by atoms with Crippen LogP contribution < -0.4 is 9.47 Å². The minimum atomic E-state index is -1.01. The van der Waals surface area contributed by atoms with Gasteiger partial charge in [0.05, 0.1) is 25.3 Å². The molecule has 0 N–H and O–H groups in total. The van der Waals surface area contributed by atoms with Crippen molar-refractivity contribution in [2.24, 2.45) is 0 Å². The van der Waals surface area contributed by atoms with Crippen molar-refractivity contribution >= 4 is 17.4 Å². The van der Waals surface area contributed by atoms with Crippen molar-refractivity contribution in [3.63, 3.8) is 0 Å². The summed E-state index contributed by atoms with van der Waals surface area (Å²) in [5.41, 5.74) is -0.704. The van der Waals surface area contributed by atoms with Gasteiger partial charge < -0.3 is 9.47 Å². The first-order chi connectivity index (χ1) is 9.97. The highest BCUT2D eigenvalue weighted by atomic mass is 35.5. The average Bonchev–Trinajstić information content (AvgIpc) is 2.46. The predicted molar refractivity (Wildman–Crippen MR) is 74.3 cm³/mol. The summed E-state index contributed by atoms with van der Waals surface area (Å²) in [6.45, 7) is 0. The molecule has 0 saturated heterocycles. The van der Waals surface area contributed by atoms with Gasteiger partial charge in [-0.25, -0.2) is 8.78 Å². The van der Waals surface area contributed by atoms with Crippen LogP contribution in [0.1, 0.15) is 15.9 Å². The Balaban J connectivity index is 2.58. The molecule has 0 bridgehead atoms. The van der Waals surface area contributed by atoms with Crippen LogP contribution in [0.5, 0.6) is 11.5 Å². The largest absolute Gasteiger partial charge is 0.497 e. The highest BCUT2D eigenvalue weighted by molar-refractivity contribution is 6.31. The normalized spacial score (nSPS) is 10.3. The van der Waals surface area contributed by atoms with Crippen molar-refractivity contribution in [3.05, 3.63) is 58.1 Å². The number of carbonyl (C=O) groups is 1. The van der Waals surface area contributed by atoms with Gasteiger partial charge in [0.25, 0.3) is 0 Å². The van der Waals surface area contributed by atoms with Crippen LogP contribution >= 0.6 is 11.6 Å². The van der Waals surface area contributed by atoms with Crippen LogP contribution in [-0.4, -0.2) is 20.0 Å². The lowest BCUT2D eigenvalue weighted by Gasteiger charge is -2.10. The van der Waals surface area contributed by atoms with Gasteiger partial charge in [0.15, 0.2) is 0 Å². The predicted octanol–water partition coefficient (Wildman–Crippen LogP) is 3.87. The van der Waals surface area contributed by atoms with E-state index in [1.807, 2.05) is 0 Å². The molecule has 2 rings (SSSR count). The topological polar surface area (TPSA) is 35.5 Å². The Morgan fingerprint density at radius 1 is 1.05 bits per heavy atom. The summed E-state index contributed by atoms with van der Waals surface area (Å²) in [7, 11) is 2.62. The van der Waals surface area contributed by atoms with Crippen molar-refractivity contribution in [2.75, 3.05) is 14.2 Å². The van der Waals surface area contributed by atoms with E-state index in [0.717, 1.165) is 12.1 Å². The molecule has 0 saturated carbocycles. The van der Waals surface area contributed by atoms with Gasteiger partial charge in [-0.15, -0.1) is 0 Å². The Morgan fingerprint density at radius 2 is 1.67 bits per heavy atom. The van der Waals surface area contributed by atoms with Gasteiger partial charge >= 0.3 is 0 Å². The number of hydrogen-bond acceptors (Lipinski definition) is 3. The molecule has 0 heterocycles. The quantitative estimate of drug-likeness (QED) is 0.804. The van der Waals surface area contributed by atoms with Crippen LogP contribution in [0, 0.1) is 11.6 Å². The second-order valence-electron chi connectivity index (χ2n) is 4.14. The molecule has 0 amide bonds. The monoisotopic (exact) mass is 312 g/mol. The van der Waals surface area contributed by atoms with Gasteiger partial charge in [-0.3, -0.25) is 4.79 Å². The maximum atomic E-state index is 14.0. The second-order valence-corrected chi connectivity index (χ2v) is 4.58. The Bertz CT molecular complexity index is 678. The van der Waals surface area contributed by atoms with Gasteiger partial charge in [-0.2, -0.15) is 0 Å². The van der Waals surface area contributed by atoms with E-state index in [1.165, 1.54) is 32.4 Å². The zero-order valence-electron chi connectivity index (χ0n) is 11.2. The maximum Gasteiger partial charge on any atom is 0.202 e. The summed E-state index contributed by atoms with van der Waals surface area (Å²) in [4.78, 5) is 12.4. The van der Waals surface area contributed by atoms with Crippen molar-refractivity contribution < 1.29 is 23.0 Å². The molecule has 0 fully saturated rings. The summed E-state index contributed by atoms with van der Waals surface area (Å²) >= 11 is 5.82. The van der Waals surface area contributed by atoms with Crippen LogP contribution in [0.3, 0.4) is 0 Å². The third-order valence-electron chi connectivity index (χ3n) is 2.88. The second kappa shape index (κ2) is 6.10. The van der Waals surface area contributed by atoms with Crippen LogP contribution in [0.4, 0.5) is 8.78 Å². The molecule has 0 radical (unpaired) electrons. The van der Waals surface area contributed by atoms with E-state index in [4.69, 9.17) is 21.1 Å². The van der Waals surface area contributed by atoms with Gasteiger partial charge in [-0.05, 0) is 18.2 Å². The first-order valence-electron chi connectivity index (χ1n) is 5.89. The molecule has 0 aliphatic rings. The fourth-order valence-electron chi connectivity index (χ4n) is 1.88. The summed E-state index contributed by atoms with van der Waals surface area (Å²) in [5, 5.41) is 0.258. The van der Waals surface area contributed by atoms with Gasteiger partial charge in [0, 0.05) is 17.2 Å². The number of benzene rings is 2. The molecule has 21 heavy (non-hydrogen) atoms. The van der Waals surface area contributed by atoms with Crippen LogP contribution in [0.25, 0.3) is 0 Å². The maximum absolute atomic E-state index is 14.0. The Kier molecular flexibility index (Phi) is 4.43. The fraction of sp³-hybridized carbons (Fsp3) is 0.133. The van der Waals surface area contributed by atoms with Crippen LogP contribution in [0.2, 0.25) is 5.02 Å². The van der Waals surface area contributed by atoms with E-state index in [-0.39, 0.29) is 22.1 Å². The fourth-order valence-corrected chi connectivity index (χ4v) is 2.05. The molecule has 0 aliphatic carbocycles. The van der Waals surface area contributed by atoms with Crippen LogP contribution in [-0.2, 0) is 0 Å². The number of methoxy groups -OCH3 is 2. The molecule has 3 nitrogen and oxygen atoms in total. The van der Waals surface area contributed by atoms with E-state index in [2.05, 4.69) is 0 Å². The number of ketones is 1. The van der Waals surface area contributed by atoms with E-state index in [0.29, 0.717) is 0 Å². The van der Waals surface area contributed by atoms with Crippen molar-refractivity contribution in [1.29, 1.82) is 0 Å². The SMILES string of the molecule is COc1cc(F)c(C(=O)c2cc(Cl)ccc2OC)c(F)c1. The first-order valence-corrected chi connectivity index (χ1v) is 6.27. The number of carbonyl (C=O) groups excluding carboxylic acids is 1. The highest BCUT2D eigenvalue weighted by Gasteiger charge is 2.23. The molecule has 0 atom stereocenters. The molecule has 0 spiro atoms. The lowest BCUT2D eigenvalue weighted by atomic mass is 10.0. The summed E-state index contributed by atoms with van der Waals surface area (Å²) < 4.78 is 37.7. The molecular weight excluding hydrogens is 302 g/mol. The summed E-state index contributed by atoms with van der Waals surface area (Å²) in [6.07, 6.45) is 0. The third kappa shape index (κ3) is 2.97. The van der Waals surface area contributed by atoms with Crippen molar-refractivity contribution in [2.45, 2.75) is 0 Å². The Morgan fingerprint density at radius 3 is 2.19 bits per heavy atom. The standard InChI is InChI=1S/C15H11ClF2O3/c1-20-9-6-11(17)14(12(18)7-9)15(19)10-5-8(16)3-4-13(10)21-2/h3-7H,1-2H3. The molecule has 6 heteroatoms. The molecule has 2 aromatic rings. The molecular formula is C15H11ClF2O3. The minimum absolute atomic E-state index is 0.0143. The molecule has 0 aromatic heterocycles. The lowest BCUT2D eigenvalue weighted by Crippen LogP contribution is -2.09. The summed E-state index contributed by atoms with van der Waals surface area (Å²) in [6, 6.07) is 6.14. The molecule has 0 unspecified atom stereocenters. The molecule has 110 valence electrons. The van der Waals surface area contributed by atoms with E-state index in [1.54, 1.807) is 0 Å². The van der Waals surface area contributed by atoms with Crippen LogP contribution in [0.15, 0.2) is 30.3 Å². The minimum Gasteiger partial charge on any atom is -0.497 e. The lowest BCUT2D eigenvalue weighted by molar-refractivity contribution is 0.102. The van der Waals surface area contributed by atoms with E-state index in [9.17, 15) is 13.6 Å². The number of rotatable bonds is 4. The van der Waals surface area contributed by atoms with Crippen molar-refractivity contribution in [3.8, 4) is 11.5 Å². The zero-order valence-corrected chi connectivity index (χ0v) is 12.0. The van der Waals surface area contributed by atoms with Gasteiger partial charge in [0.1, 0.15) is 23.1 Å². The zero-order chi connectivity index (χ0) is 15.6. The third-order valence-corrected chi connectivity index (χ3v) is 3.12. The number of hydrogen-bond donors (Lipinski definition) is 0. The van der Waals surface area contributed by atoms with Gasteiger partial charge in [0.2, 0.25) is 5.78 Å². The summed E-state index contributed by atoms with van der Waals surface area (Å²) in [5.74, 6) is -2.72. The molecule has 2 aromatic carbocycles. The van der Waals surface area contributed by atoms with E-state index < -0.39 is 23.0 Å². The number of ether oxygens (including phenoxy) is 2. The highest BCUT2D eigenvalue weighted by Crippen LogP contribution is 2.28. The average molecular weight is 313 g/mol. The Hall–Kier alpha value is -2.14. The number of halogens is 3. The van der Waals surface area contributed by atoms with Gasteiger partial charge in [-0.1, -0.05) is 11.6 Å².